The van der Waals surface area contributed by atoms with Gasteiger partial charge in [0.1, 0.15) is 19.8 Å². The lowest BCUT2D eigenvalue weighted by Crippen LogP contribution is -2.37. The summed E-state index contributed by atoms with van der Waals surface area (Å²) in [6.45, 7) is 4.26. The summed E-state index contributed by atoms with van der Waals surface area (Å²) in [4.78, 5) is 35.6. The first kappa shape index (κ1) is 73.2. The van der Waals surface area contributed by atoms with Crippen LogP contribution in [0.2, 0.25) is 0 Å². The Hall–Kier alpha value is -3.85. The first-order valence-electron chi connectivity index (χ1n) is 30.4. The van der Waals surface area contributed by atoms with E-state index in [1.807, 2.05) is 21.1 Å². The van der Waals surface area contributed by atoms with Crippen molar-refractivity contribution in [1.82, 2.24) is 0 Å². The lowest BCUT2D eigenvalue weighted by Gasteiger charge is -2.24. The van der Waals surface area contributed by atoms with Crippen molar-refractivity contribution in [2.24, 2.45) is 0 Å². The van der Waals surface area contributed by atoms with Crippen molar-refractivity contribution in [3.63, 3.8) is 0 Å². The summed E-state index contributed by atoms with van der Waals surface area (Å²) in [6, 6.07) is 0. The second kappa shape index (κ2) is 56.9. The number of likely N-dealkylation sites (N-methyl/N-ethyl adjacent to an activating group) is 1. The van der Waals surface area contributed by atoms with Crippen LogP contribution in [0.15, 0.2) is 134 Å². The molecule has 0 spiro atoms. The predicted molar refractivity (Wildman–Crippen MR) is 330 cm³/mol. The van der Waals surface area contributed by atoms with E-state index >= 15 is 0 Å². The molecule has 0 saturated heterocycles. The van der Waals surface area contributed by atoms with Crippen LogP contribution >= 0.6 is 7.82 Å². The molecule has 2 unspecified atom stereocenters. The fourth-order valence-electron chi connectivity index (χ4n) is 7.74. The molecule has 0 amide bonds. The fraction of sp³-hybridized carbons (Fsp3) is 0.642. The van der Waals surface area contributed by atoms with E-state index in [1.54, 1.807) is 0 Å². The summed E-state index contributed by atoms with van der Waals surface area (Å²) in [5.41, 5.74) is 0. The van der Waals surface area contributed by atoms with E-state index in [9.17, 15) is 19.0 Å². The van der Waals surface area contributed by atoms with Gasteiger partial charge in [-0.25, -0.2) is 4.57 Å². The molecule has 9 nitrogen and oxygen atoms in total. The van der Waals surface area contributed by atoms with Crippen molar-refractivity contribution in [3.8, 4) is 0 Å². The summed E-state index contributed by atoms with van der Waals surface area (Å²) in [5, 5.41) is 0. The largest absolute Gasteiger partial charge is 0.472 e. The monoisotopic (exact) mass is 1090 g/mol. The lowest BCUT2D eigenvalue weighted by atomic mass is 10.0. The minimum Gasteiger partial charge on any atom is -0.462 e. The van der Waals surface area contributed by atoms with Crippen molar-refractivity contribution in [3.05, 3.63) is 134 Å². The number of allylic oxidation sites excluding steroid dienone is 22. The maximum Gasteiger partial charge on any atom is 0.472 e. The number of quaternary nitrogens is 1. The smallest absolute Gasteiger partial charge is 0.462 e. The molecular formula is C67H113NO8P+. The highest BCUT2D eigenvalue weighted by Gasteiger charge is 2.27. The lowest BCUT2D eigenvalue weighted by molar-refractivity contribution is -0.870. The Morgan fingerprint density at radius 1 is 0.416 bits per heavy atom. The number of rotatable bonds is 54. The summed E-state index contributed by atoms with van der Waals surface area (Å²) in [6.07, 6.45) is 82.5. The Morgan fingerprint density at radius 3 is 1.12 bits per heavy atom. The quantitative estimate of drug-likeness (QED) is 0.0211. The molecule has 0 radical (unpaired) electrons. The van der Waals surface area contributed by atoms with Gasteiger partial charge in [0.15, 0.2) is 6.10 Å². The van der Waals surface area contributed by atoms with Gasteiger partial charge in [0.2, 0.25) is 0 Å². The molecule has 0 bridgehead atoms. The number of esters is 2. The van der Waals surface area contributed by atoms with Gasteiger partial charge in [0, 0.05) is 12.8 Å². The molecule has 2 atom stereocenters. The summed E-state index contributed by atoms with van der Waals surface area (Å²) in [7, 11) is 1.46. The Bertz CT molecular complexity index is 1760. The van der Waals surface area contributed by atoms with Gasteiger partial charge in [-0.1, -0.05) is 231 Å². The highest BCUT2D eigenvalue weighted by molar-refractivity contribution is 7.47. The van der Waals surface area contributed by atoms with Crippen LogP contribution < -0.4 is 0 Å². The zero-order valence-corrected chi connectivity index (χ0v) is 50.5. The van der Waals surface area contributed by atoms with Crippen molar-refractivity contribution in [1.29, 1.82) is 0 Å². The van der Waals surface area contributed by atoms with E-state index in [2.05, 4.69) is 148 Å². The Balaban J connectivity index is 4.06. The van der Waals surface area contributed by atoms with Gasteiger partial charge >= 0.3 is 19.8 Å². The molecule has 438 valence electrons. The van der Waals surface area contributed by atoms with Crippen LogP contribution in [0.3, 0.4) is 0 Å². The predicted octanol–water partition coefficient (Wildman–Crippen LogP) is 19.3. The van der Waals surface area contributed by atoms with Gasteiger partial charge in [0.25, 0.3) is 0 Å². The number of carbonyl (C=O) groups excluding carboxylic acids is 2. The second-order valence-corrected chi connectivity index (χ2v) is 22.5. The zero-order chi connectivity index (χ0) is 56.3. The molecular weight excluding hydrogens is 978 g/mol. The molecule has 0 aliphatic rings. The molecule has 0 aliphatic heterocycles. The van der Waals surface area contributed by atoms with E-state index in [1.165, 1.54) is 64.2 Å². The minimum atomic E-state index is -4.39. The first-order valence-corrected chi connectivity index (χ1v) is 31.9. The van der Waals surface area contributed by atoms with Crippen LogP contribution in [0.4, 0.5) is 0 Å². The van der Waals surface area contributed by atoms with Gasteiger partial charge in [-0.2, -0.15) is 0 Å². The van der Waals surface area contributed by atoms with Crippen molar-refractivity contribution >= 4 is 19.8 Å². The van der Waals surface area contributed by atoms with Crippen LogP contribution in [-0.4, -0.2) is 74.9 Å². The molecule has 1 N–H and O–H groups in total. The van der Waals surface area contributed by atoms with Crippen molar-refractivity contribution in [2.75, 3.05) is 47.5 Å². The molecule has 0 heterocycles. The normalized spacial score (nSPS) is 14.2. The topological polar surface area (TPSA) is 108 Å². The standard InChI is InChI=1S/C67H112NO8P/c1-6-8-10-12-14-16-18-20-21-22-23-24-25-26-27-28-29-30-31-32-33-34-35-36-37-38-39-40-41-42-43-44-45-46-47-48-50-52-54-56-58-60-67(70)76-65(64-75-77(71,72)74-62-61-68(3,4)5)63-73-66(69)59-57-55-53-51-49-19-17-15-13-11-9-7-2/h8,10,14-17,20-21,23-24,26-27,29-30,32-33,35-36,38-39,41-42,65H,6-7,9,11-13,18-19,22,25,28,31,34,37,40,43-64H2,1-5H3/p+1/b10-8-,16-14-,17-15-,21-20-,24-23-,27-26-,30-29-,33-32-,36-35-,39-38-,42-41-. The molecule has 0 aromatic rings. The second-order valence-electron chi connectivity index (χ2n) is 21.0. The molecule has 0 rings (SSSR count). The summed E-state index contributed by atoms with van der Waals surface area (Å²) in [5.74, 6) is -0.820. The average Bonchev–Trinajstić information content (AvgIpc) is 3.39. The maximum absolute atomic E-state index is 12.8. The highest BCUT2D eigenvalue weighted by Crippen LogP contribution is 2.43. The van der Waals surface area contributed by atoms with Crippen LogP contribution in [0.1, 0.15) is 226 Å². The molecule has 77 heavy (non-hydrogen) atoms. The average molecular weight is 1090 g/mol. The van der Waals surface area contributed by atoms with E-state index < -0.39 is 26.5 Å². The Morgan fingerprint density at radius 2 is 0.740 bits per heavy atom. The molecule has 10 heteroatoms. The van der Waals surface area contributed by atoms with Gasteiger partial charge in [-0.05, 0) is 116 Å². The van der Waals surface area contributed by atoms with Crippen LogP contribution in [0, 0.1) is 0 Å². The number of hydrogen-bond donors (Lipinski definition) is 1. The van der Waals surface area contributed by atoms with E-state index in [0.717, 1.165) is 128 Å². The molecule has 0 aromatic heterocycles. The first-order chi connectivity index (χ1) is 37.5. The molecule has 0 aromatic carbocycles. The number of phosphoric ester groups is 1. The van der Waals surface area contributed by atoms with E-state index in [-0.39, 0.29) is 32.0 Å². The van der Waals surface area contributed by atoms with E-state index in [4.69, 9.17) is 18.5 Å². The molecule has 0 fully saturated rings. The Kier molecular flexibility index (Phi) is 54.0. The summed E-state index contributed by atoms with van der Waals surface area (Å²) < 4.78 is 34.5. The maximum atomic E-state index is 12.8. The number of hydrogen-bond acceptors (Lipinski definition) is 7. The summed E-state index contributed by atoms with van der Waals surface area (Å²) >= 11 is 0. The molecule has 0 saturated carbocycles. The van der Waals surface area contributed by atoms with Gasteiger partial charge in [-0.15, -0.1) is 0 Å². The third kappa shape index (κ3) is 61.2. The van der Waals surface area contributed by atoms with Crippen LogP contribution in [0.5, 0.6) is 0 Å². The fourth-order valence-corrected chi connectivity index (χ4v) is 8.48. The third-order valence-corrected chi connectivity index (χ3v) is 13.4. The SMILES string of the molecule is CC/C=C\C/C=C\C/C=C\C/C=C\C/C=C\C/C=C\C/C=C\C/C=C\C/C=C\C/C=C\CCCCCCCCCCCCC(=O)OC(COC(=O)CCCCCCC/C=C\CCCCC)COP(=O)(O)OCC[N+](C)(C)C. The van der Waals surface area contributed by atoms with Crippen molar-refractivity contribution < 1.29 is 42.1 Å². The third-order valence-electron chi connectivity index (χ3n) is 12.4. The number of nitrogens with zero attached hydrogens (tertiary/aromatic N) is 1. The highest BCUT2D eigenvalue weighted by atomic mass is 31.2. The van der Waals surface area contributed by atoms with Gasteiger partial charge < -0.3 is 18.9 Å². The van der Waals surface area contributed by atoms with E-state index in [0.29, 0.717) is 17.4 Å². The minimum absolute atomic E-state index is 0.0240. The van der Waals surface area contributed by atoms with Crippen molar-refractivity contribution in [2.45, 2.75) is 232 Å². The number of unbranched alkanes of at least 4 members (excludes halogenated alkanes) is 18. The number of carbonyl (C=O) groups is 2. The van der Waals surface area contributed by atoms with Gasteiger partial charge in [-0.3, -0.25) is 18.6 Å². The van der Waals surface area contributed by atoms with Gasteiger partial charge in [0.05, 0.1) is 27.7 Å². The Labute approximate surface area is 472 Å². The number of phosphoric acid groups is 1. The van der Waals surface area contributed by atoms with Crippen LogP contribution in [-0.2, 0) is 32.7 Å². The number of ether oxygens (including phenoxy) is 2. The zero-order valence-electron chi connectivity index (χ0n) is 49.6. The van der Waals surface area contributed by atoms with Crippen LogP contribution in [0.25, 0.3) is 0 Å². The molecule has 0 aliphatic carbocycles.